The van der Waals surface area contributed by atoms with E-state index in [1.165, 1.54) is 44.3 Å². The van der Waals surface area contributed by atoms with E-state index >= 15 is 0 Å². The third-order valence-corrected chi connectivity index (χ3v) is 1.97. The SMILES string of the molecule is COc1ccc(C(=O)O)cc1OC(=O)N(C)C. The quantitative estimate of drug-likeness (QED) is 0.864. The summed E-state index contributed by atoms with van der Waals surface area (Å²) >= 11 is 0. The molecule has 0 unspecified atom stereocenters. The number of hydrogen-bond donors (Lipinski definition) is 1. The Morgan fingerprint density at radius 1 is 1.24 bits per heavy atom. The lowest BCUT2D eigenvalue weighted by atomic mass is 10.2. The highest BCUT2D eigenvalue weighted by atomic mass is 16.6. The smallest absolute Gasteiger partial charge is 0.414 e. The molecule has 0 radical (unpaired) electrons. The van der Waals surface area contributed by atoms with Gasteiger partial charge in [-0.15, -0.1) is 0 Å². The van der Waals surface area contributed by atoms with Gasteiger partial charge in [-0.1, -0.05) is 0 Å². The van der Waals surface area contributed by atoms with Crippen molar-refractivity contribution < 1.29 is 24.2 Å². The lowest BCUT2D eigenvalue weighted by Gasteiger charge is -2.13. The van der Waals surface area contributed by atoms with Crippen LogP contribution < -0.4 is 9.47 Å². The summed E-state index contributed by atoms with van der Waals surface area (Å²) in [6.45, 7) is 0. The Kier molecular flexibility index (Phi) is 3.92. The number of benzene rings is 1. The minimum Gasteiger partial charge on any atom is -0.493 e. The van der Waals surface area contributed by atoms with Gasteiger partial charge in [-0.3, -0.25) is 0 Å². The van der Waals surface area contributed by atoms with E-state index in [2.05, 4.69) is 0 Å². The number of amides is 1. The summed E-state index contributed by atoms with van der Waals surface area (Å²) in [5.74, 6) is -0.730. The van der Waals surface area contributed by atoms with E-state index in [9.17, 15) is 9.59 Å². The van der Waals surface area contributed by atoms with E-state index in [0.29, 0.717) is 5.75 Å². The monoisotopic (exact) mass is 239 g/mol. The van der Waals surface area contributed by atoms with E-state index in [0.717, 1.165) is 0 Å². The highest BCUT2D eigenvalue weighted by Gasteiger charge is 2.14. The third-order valence-electron chi connectivity index (χ3n) is 1.97. The summed E-state index contributed by atoms with van der Waals surface area (Å²) in [4.78, 5) is 23.4. The molecule has 92 valence electrons. The van der Waals surface area contributed by atoms with E-state index in [-0.39, 0.29) is 11.3 Å². The van der Waals surface area contributed by atoms with Gasteiger partial charge in [0.2, 0.25) is 0 Å². The first-order valence-electron chi connectivity index (χ1n) is 4.76. The van der Waals surface area contributed by atoms with E-state index in [1.54, 1.807) is 0 Å². The molecule has 0 aromatic heterocycles. The Hall–Kier alpha value is -2.24. The molecule has 17 heavy (non-hydrogen) atoms. The van der Waals surface area contributed by atoms with Crippen LogP contribution in [-0.4, -0.2) is 43.3 Å². The number of aromatic carboxylic acids is 1. The Balaban J connectivity index is 3.06. The van der Waals surface area contributed by atoms with Gasteiger partial charge in [-0.2, -0.15) is 0 Å². The lowest BCUT2D eigenvalue weighted by Crippen LogP contribution is -2.25. The number of ether oxygens (including phenoxy) is 2. The number of carboxylic acids is 1. The normalized spacial score (nSPS) is 9.59. The van der Waals surface area contributed by atoms with Crippen molar-refractivity contribution in [3.8, 4) is 11.5 Å². The van der Waals surface area contributed by atoms with Crippen LogP contribution in [0, 0.1) is 0 Å². The molecular weight excluding hydrogens is 226 g/mol. The fraction of sp³-hybridized carbons (Fsp3) is 0.273. The van der Waals surface area contributed by atoms with Crippen molar-refractivity contribution in [3.63, 3.8) is 0 Å². The van der Waals surface area contributed by atoms with Crippen molar-refractivity contribution in [1.82, 2.24) is 4.90 Å². The largest absolute Gasteiger partial charge is 0.493 e. The molecule has 1 aromatic carbocycles. The van der Waals surface area contributed by atoms with Crippen molar-refractivity contribution in [2.75, 3.05) is 21.2 Å². The van der Waals surface area contributed by atoms with Crippen LogP contribution in [0.3, 0.4) is 0 Å². The summed E-state index contributed by atoms with van der Waals surface area (Å²) < 4.78 is 9.96. The fourth-order valence-electron chi connectivity index (χ4n) is 1.07. The molecule has 1 aromatic rings. The van der Waals surface area contributed by atoms with Crippen LogP contribution in [0.15, 0.2) is 18.2 Å². The van der Waals surface area contributed by atoms with Crippen molar-refractivity contribution >= 4 is 12.1 Å². The summed E-state index contributed by atoms with van der Waals surface area (Å²) in [5.41, 5.74) is 0.0207. The molecule has 1 amide bonds. The number of hydrogen-bond acceptors (Lipinski definition) is 4. The van der Waals surface area contributed by atoms with Gasteiger partial charge in [0, 0.05) is 14.1 Å². The molecule has 0 fully saturated rings. The molecule has 0 aliphatic carbocycles. The maximum atomic E-state index is 11.4. The van der Waals surface area contributed by atoms with Crippen molar-refractivity contribution in [1.29, 1.82) is 0 Å². The van der Waals surface area contributed by atoms with Gasteiger partial charge < -0.3 is 19.5 Å². The van der Waals surface area contributed by atoms with Crippen LogP contribution >= 0.6 is 0 Å². The number of carbonyl (C=O) groups is 2. The highest BCUT2D eigenvalue weighted by molar-refractivity contribution is 5.88. The molecule has 6 heteroatoms. The molecule has 0 aliphatic rings. The first kappa shape index (κ1) is 12.8. The molecule has 0 atom stereocenters. The minimum atomic E-state index is -1.10. The van der Waals surface area contributed by atoms with Gasteiger partial charge in [0.05, 0.1) is 12.7 Å². The lowest BCUT2D eigenvalue weighted by molar-refractivity contribution is 0.0696. The molecule has 0 aliphatic heterocycles. The predicted octanol–water partition coefficient (Wildman–Crippen LogP) is 1.45. The maximum Gasteiger partial charge on any atom is 0.414 e. The van der Waals surface area contributed by atoms with Gasteiger partial charge in [0.15, 0.2) is 11.5 Å². The molecule has 0 heterocycles. The summed E-state index contributed by atoms with van der Waals surface area (Å²) in [6.07, 6.45) is -0.606. The highest BCUT2D eigenvalue weighted by Crippen LogP contribution is 2.28. The Bertz CT molecular complexity index is 441. The van der Waals surface area contributed by atoms with Crippen LogP contribution in [0.4, 0.5) is 4.79 Å². The number of methoxy groups -OCH3 is 1. The second-order valence-electron chi connectivity index (χ2n) is 3.43. The second-order valence-corrected chi connectivity index (χ2v) is 3.43. The van der Waals surface area contributed by atoms with Gasteiger partial charge in [0.1, 0.15) is 0 Å². The topological polar surface area (TPSA) is 76.1 Å². The minimum absolute atomic E-state index is 0.0207. The van der Waals surface area contributed by atoms with Crippen LogP contribution in [0.1, 0.15) is 10.4 Å². The zero-order chi connectivity index (χ0) is 13.0. The maximum absolute atomic E-state index is 11.4. The molecule has 0 bridgehead atoms. The second kappa shape index (κ2) is 5.20. The van der Waals surface area contributed by atoms with Crippen molar-refractivity contribution in [2.45, 2.75) is 0 Å². The number of nitrogens with zero attached hydrogens (tertiary/aromatic N) is 1. The van der Waals surface area contributed by atoms with Gasteiger partial charge in [-0.25, -0.2) is 9.59 Å². The molecule has 0 saturated heterocycles. The number of carbonyl (C=O) groups excluding carboxylic acids is 1. The van der Waals surface area contributed by atoms with Crippen LogP contribution in [0.2, 0.25) is 0 Å². The van der Waals surface area contributed by atoms with Crippen LogP contribution in [0.25, 0.3) is 0 Å². The van der Waals surface area contributed by atoms with Gasteiger partial charge in [0.25, 0.3) is 0 Å². The summed E-state index contributed by atoms with van der Waals surface area (Å²) in [7, 11) is 4.45. The van der Waals surface area contributed by atoms with Crippen molar-refractivity contribution in [3.05, 3.63) is 23.8 Å². The van der Waals surface area contributed by atoms with Crippen molar-refractivity contribution in [2.24, 2.45) is 0 Å². The first-order chi connectivity index (χ1) is 7.95. The van der Waals surface area contributed by atoms with Crippen LogP contribution in [0.5, 0.6) is 11.5 Å². The third kappa shape index (κ3) is 3.10. The standard InChI is InChI=1S/C11H13NO5/c1-12(2)11(15)17-9-6-7(10(13)14)4-5-8(9)16-3/h4-6H,1-3H3,(H,13,14). The van der Waals surface area contributed by atoms with Gasteiger partial charge in [-0.05, 0) is 18.2 Å². The Morgan fingerprint density at radius 3 is 2.35 bits per heavy atom. The Morgan fingerprint density at radius 2 is 1.88 bits per heavy atom. The molecule has 1 N–H and O–H groups in total. The first-order valence-corrected chi connectivity index (χ1v) is 4.76. The summed E-state index contributed by atoms with van der Waals surface area (Å²) in [6, 6.07) is 4.04. The van der Waals surface area contributed by atoms with Crippen LogP contribution in [-0.2, 0) is 0 Å². The molecule has 0 spiro atoms. The fourth-order valence-corrected chi connectivity index (χ4v) is 1.07. The molecule has 6 nitrogen and oxygen atoms in total. The zero-order valence-corrected chi connectivity index (χ0v) is 9.76. The van der Waals surface area contributed by atoms with E-state index in [1.807, 2.05) is 0 Å². The molecule has 1 rings (SSSR count). The van der Waals surface area contributed by atoms with Gasteiger partial charge >= 0.3 is 12.1 Å². The van der Waals surface area contributed by atoms with E-state index < -0.39 is 12.1 Å². The molecule has 0 saturated carbocycles. The average Bonchev–Trinajstić information content (AvgIpc) is 2.28. The molecular formula is C11H13NO5. The summed E-state index contributed by atoms with van der Waals surface area (Å²) in [5, 5.41) is 8.82. The zero-order valence-electron chi connectivity index (χ0n) is 9.76. The predicted molar refractivity (Wildman–Crippen MR) is 59.7 cm³/mol. The average molecular weight is 239 g/mol. The van der Waals surface area contributed by atoms with E-state index in [4.69, 9.17) is 14.6 Å². The number of carboxylic acid groups (broad SMARTS) is 1. The number of rotatable bonds is 3. The Labute approximate surface area is 98.4 Å².